The Bertz CT molecular complexity index is 803. The van der Waals surface area contributed by atoms with Crippen molar-refractivity contribution in [2.45, 2.75) is 0 Å². The van der Waals surface area contributed by atoms with Crippen molar-refractivity contribution in [2.24, 2.45) is 5.10 Å². The summed E-state index contributed by atoms with van der Waals surface area (Å²) in [6, 6.07) is 7.84. The van der Waals surface area contributed by atoms with E-state index in [1.165, 1.54) is 12.1 Å². The van der Waals surface area contributed by atoms with Crippen LogP contribution < -0.4 is 5.43 Å². The van der Waals surface area contributed by atoms with Crippen LogP contribution in [0.15, 0.2) is 41.5 Å². The molecule has 0 atom stereocenters. The van der Waals surface area contributed by atoms with Gasteiger partial charge in [0.05, 0.1) is 16.7 Å². The molecule has 4 N–H and O–H groups in total. The molecule has 0 aromatic heterocycles. The lowest BCUT2D eigenvalue weighted by atomic mass is 10.2. The molecule has 0 saturated carbocycles. The molecule has 0 spiro atoms. The van der Waals surface area contributed by atoms with Crippen molar-refractivity contribution in [3.63, 3.8) is 0 Å². The van der Waals surface area contributed by atoms with E-state index in [1.54, 1.807) is 12.1 Å². The Morgan fingerprint density at radius 2 is 1.87 bits per heavy atom. The molecule has 9 heteroatoms. The molecule has 0 aliphatic heterocycles. The lowest BCUT2D eigenvalue weighted by Gasteiger charge is -2.03. The number of carbonyl (C=O) groups is 1. The van der Waals surface area contributed by atoms with Crippen molar-refractivity contribution in [1.29, 1.82) is 0 Å². The highest BCUT2D eigenvalue weighted by Crippen LogP contribution is 2.35. The molecule has 0 heterocycles. The van der Waals surface area contributed by atoms with Gasteiger partial charge in [-0.15, -0.1) is 0 Å². The minimum Gasteiger partial charge on any atom is -0.507 e. The van der Waals surface area contributed by atoms with Crippen LogP contribution in [0.25, 0.3) is 0 Å². The number of amides is 1. The predicted molar refractivity (Wildman–Crippen MR) is 79.6 cm³/mol. The molecule has 0 aliphatic rings. The lowest BCUT2D eigenvalue weighted by molar-refractivity contribution is -0.386. The Labute approximate surface area is 129 Å². The number of para-hydroxylation sites is 1. The number of nitro benzene ring substituents is 1. The van der Waals surface area contributed by atoms with Crippen LogP contribution in [0.5, 0.6) is 17.2 Å². The van der Waals surface area contributed by atoms with Crippen LogP contribution in [0, 0.1) is 10.1 Å². The van der Waals surface area contributed by atoms with Gasteiger partial charge < -0.3 is 15.3 Å². The second-order valence-corrected chi connectivity index (χ2v) is 4.38. The smallest absolute Gasteiger partial charge is 0.315 e. The van der Waals surface area contributed by atoms with Crippen molar-refractivity contribution in [3.05, 3.63) is 57.6 Å². The molecule has 0 radical (unpaired) electrons. The molecule has 2 aromatic carbocycles. The molecular formula is C14H11N3O6. The van der Waals surface area contributed by atoms with E-state index in [0.717, 1.165) is 18.3 Å². The number of carbonyl (C=O) groups excluding carboxylic acids is 1. The first-order valence-corrected chi connectivity index (χ1v) is 6.22. The van der Waals surface area contributed by atoms with E-state index in [1.807, 2.05) is 0 Å². The van der Waals surface area contributed by atoms with Crippen LogP contribution in [0.2, 0.25) is 0 Å². The van der Waals surface area contributed by atoms with Crippen LogP contribution >= 0.6 is 0 Å². The zero-order valence-corrected chi connectivity index (χ0v) is 11.5. The summed E-state index contributed by atoms with van der Waals surface area (Å²) in [5.41, 5.74) is 1.52. The largest absolute Gasteiger partial charge is 0.507 e. The third-order valence-corrected chi connectivity index (χ3v) is 2.82. The average molecular weight is 317 g/mol. The Morgan fingerprint density at radius 1 is 1.17 bits per heavy atom. The summed E-state index contributed by atoms with van der Waals surface area (Å²) >= 11 is 0. The molecule has 0 aliphatic carbocycles. The Kier molecular flexibility index (Phi) is 4.41. The molecule has 9 nitrogen and oxygen atoms in total. The van der Waals surface area contributed by atoms with Gasteiger partial charge >= 0.3 is 5.69 Å². The standard InChI is InChI=1S/C14H11N3O6/c18-11-4-2-1-3-9(11)14(21)16-15-7-8-5-10(17(22)23)13(20)12(19)6-8/h1-7,18-20H,(H,16,21)/b15-7+. The second kappa shape index (κ2) is 6.43. The van der Waals surface area contributed by atoms with E-state index in [9.17, 15) is 30.2 Å². The highest BCUT2D eigenvalue weighted by molar-refractivity contribution is 5.97. The van der Waals surface area contributed by atoms with Crippen LogP contribution in [0.3, 0.4) is 0 Å². The molecule has 23 heavy (non-hydrogen) atoms. The first-order chi connectivity index (χ1) is 10.9. The van der Waals surface area contributed by atoms with Gasteiger partial charge in [0, 0.05) is 11.6 Å². The van der Waals surface area contributed by atoms with Crippen molar-refractivity contribution in [1.82, 2.24) is 5.43 Å². The molecule has 0 saturated heterocycles. The summed E-state index contributed by atoms with van der Waals surface area (Å²) < 4.78 is 0. The highest BCUT2D eigenvalue weighted by Gasteiger charge is 2.18. The van der Waals surface area contributed by atoms with E-state index >= 15 is 0 Å². The monoisotopic (exact) mass is 317 g/mol. The van der Waals surface area contributed by atoms with Gasteiger partial charge in [-0.05, 0) is 18.2 Å². The molecule has 0 unspecified atom stereocenters. The first kappa shape index (κ1) is 15.8. The SMILES string of the molecule is O=C(N/N=C/c1cc(O)c(O)c([N+](=O)[O-])c1)c1ccccc1O. The number of hydrazone groups is 1. The number of hydrogen-bond donors (Lipinski definition) is 4. The Morgan fingerprint density at radius 3 is 2.52 bits per heavy atom. The number of rotatable bonds is 4. The van der Waals surface area contributed by atoms with Crippen LogP contribution in [0.4, 0.5) is 5.69 Å². The molecule has 118 valence electrons. The number of nitrogens with one attached hydrogen (secondary N) is 1. The fraction of sp³-hybridized carbons (Fsp3) is 0. The van der Waals surface area contributed by atoms with Crippen LogP contribution in [0.1, 0.15) is 15.9 Å². The summed E-state index contributed by atoms with van der Waals surface area (Å²) in [5.74, 6) is -2.45. The number of phenols is 3. The topological polar surface area (TPSA) is 145 Å². The highest BCUT2D eigenvalue weighted by atomic mass is 16.6. The number of hydrogen-bond acceptors (Lipinski definition) is 7. The van der Waals surface area contributed by atoms with Crippen molar-refractivity contribution >= 4 is 17.8 Å². The molecule has 0 fully saturated rings. The summed E-state index contributed by atoms with van der Waals surface area (Å²) in [6.45, 7) is 0. The quantitative estimate of drug-likeness (QED) is 0.291. The predicted octanol–water partition coefficient (Wildman–Crippen LogP) is 1.48. The maximum absolute atomic E-state index is 11.8. The number of nitro groups is 1. The van der Waals surface area contributed by atoms with Crippen molar-refractivity contribution < 1.29 is 25.0 Å². The zero-order chi connectivity index (χ0) is 17.0. The van der Waals surface area contributed by atoms with E-state index in [-0.39, 0.29) is 16.9 Å². The summed E-state index contributed by atoms with van der Waals surface area (Å²) in [5, 5.41) is 42.6. The molecule has 1 amide bonds. The Balaban J connectivity index is 2.17. The molecule has 2 aromatic rings. The fourth-order valence-corrected chi connectivity index (χ4v) is 1.73. The van der Waals surface area contributed by atoms with Gasteiger partial charge in [-0.2, -0.15) is 5.10 Å². The lowest BCUT2D eigenvalue weighted by Crippen LogP contribution is -2.17. The van der Waals surface area contributed by atoms with Gasteiger partial charge in [0.2, 0.25) is 5.75 Å². The number of aromatic hydroxyl groups is 3. The number of nitrogens with zero attached hydrogens (tertiary/aromatic N) is 2. The third-order valence-electron chi connectivity index (χ3n) is 2.82. The van der Waals surface area contributed by atoms with Gasteiger partial charge in [-0.25, -0.2) is 5.43 Å². The zero-order valence-electron chi connectivity index (χ0n) is 11.5. The van der Waals surface area contributed by atoms with E-state index in [4.69, 9.17) is 0 Å². The third kappa shape index (κ3) is 3.53. The van der Waals surface area contributed by atoms with Crippen LogP contribution in [-0.4, -0.2) is 32.4 Å². The first-order valence-electron chi connectivity index (χ1n) is 6.22. The summed E-state index contributed by atoms with van der Waals surface area (Å²) in [7, 11) is 0. The van der Waals surface area contributed by atoms with Gasteiger partial charge in [0.15, 0.2) is 5.75 Å². The second-order valence-electron chi connectivity index (χ2n) is 4.38. The van der Waals surface area contributed by atoms with E-state index in [0.29, 0.717) is 0 Å². The number of benzene rings is 2. The number of phenolic OH excluding ortho intramolecular Hbond substituents is 3. The molecular weight excluding hydrogens is 306 g/mol. The van der Waals surface area contributed by atoms with Crippen LogP contribution in [-0.2, 0) is 0 Å². The fourth-order valence-electron chi connectivity index (χ4n) is 1.73. The van der Waals surface area contributed by atoms with E-state index in [2.05, 4.69) is 10.5 Å². The normalized spacial score (nSPS) is 10.6. The Hall–Kier alpha value is -3.62. The summed E-state index contributed by atoms with van der Waals surface area (Å²) in [4.78, 5) is 21.6. The van der Waals surface area contributed by atoms with Crippen molar-refractivity contribution in [2.75, 3.05) is 0 Å². The van der Waals surface area contributed by atoms with Gasteiger partial charge in [0.1, 0.15) is 5.75 Å². The molecule has 2 rings (SSSR count). The minimum absolute atomic E-state index is 0.00387. The maximum Gasteiger partial charge on any atom is 0.315 e. The van der Waals surface area contributed by atoms with Crippen molar-refractivity contribution in [3.8, 4) is 17.2 Å². The van der Waals surface area contributed by atoms with E-state index < -0.39 is 28.0 Å². The van der Waals surface area contributed by atoms with Gasteiger partial charge in [0.25, 0.3) is 5.91 Å². The average Bonchev–Trinajstić information content (AvgIpc) is 2.50. The minimum atomic E-state index is -0.868. The van der Waals surface area contributed by atoms with Gasteiger partial charge in [-0.3, -0.25) is 14.9 Å². The maximum atomic E-state index is 11.8. The molecule has 0 bridgehead atoms. The summed E-state index contributed by atoms with van der Waals surface area (Å²) in [6.07, 6.45) is 1.05. The van der Waals surface area contributed by atoms with Gasteiger partial charge in [-0.1, -0.05) is 12.1 Å².